The van der Waals surface area contributed by atoms with Crippen molar-refractivity contribution in [2.45, 2.75) is 76.9 Å². The highest BCUT2D eigenvalue weighted by Crippen LogP contribution is 2.25. The van der Waals surface area contributed by atoms with Gasteiger partial charge in [0.2, 0.25) is 0 Å². The van der Waals surface area contributed by atoms with Crippen molar-refractivity contribution in [2.75, 3.05) is 0 Å². The molecule has 1 aliphatic carbocycles. The fourth-order valence-corrected chi connectivity index (χ4v) is 2.91. The lowest BCUT2D eigenvalue weighted by Gasteiger charge is -2.27. The van der Waals surface area contributed by atoms with Crippen molar-refractivity contribution in [1.29, 1.82) is 0 Å². The third-order valence-corrected chi connectivity index (χ3v) is 4.60. The van der Waals surface area contributed by atoms with E-state index in [0.29, 0.717) is 5.92 Å². The summed E-state index contributed by atoms with van der Waals surface area (Å²) in [7, 11) is 0. The summed E-state index contributed by atoms with van der Waals surface area (Å²) < 4.78 is 6.15. The van der Waals surface area contributed by atoms with Crippen LogP contribution in [0, 0.1) is 0 Å². The van der Waals surface area contributed by atoms with Gasteiger partial charge in [0.1, 0.15) is 11.9 Å². The molecule has 2 nitrogen and oxygen atoms in total. The number of rotatable bonds is 4. The first-order chi connectivity index (χ1) is 9.70. The second-order valence-corrected chi connectivity index (χ2v) is 6.19. The third-order valence-electron chi connectivity index (χ3n) is 4.60. The van der Waals surface area contributed by atoms with Gasteiger partial charge in [0.15, 0.2) is 0 Å². The van der Waals surface area contributed by atoms with Gasteiger partial charge >= 0.3 is 0 Å². The Bertz CT molecular complexity index is 387. The van der Waals surface area contributed by atoms with Gasteiger partial charge in [0.05, 0.1) is 0 Å². The predicted octanol–water partition coefficient (Wildman–Crippen LogP) is 4.63. The Morgan fingerprint density at radius 1 is 1.10 bits per heavy atom. The Hall–Kier alpha value is -1.02. The predicted molar refractivity (Wildman–Crippen MR) is 85.2 cm³/mol. The molecular weight excluding hydrogens is 246 g/mol. The Labute approximate surface area is 123 Å². The molecule has 2 N–H and O–H groups in total. The molecule has 0 aromatic heterocycles. The van der Waals surface area contributed by atoms with E-state index in [2.05, 4.69) is 38.1 Å². The van der Waals surface area contributed by atoms with E-state index in [0.717, 1.165) is 18.6 Å². The molecular formula is C18H29NO. The van der Waals surface area contributed by atoms with Crippen molar-refractivity contribution >= 4 is 0 Å². The average Bonchev–Trinajstić information content (AvgIpc) is 2.47. The number of benzene rings is 1. The molecule has 3 atom stereocenters. The molecule has 0 radical (unpaired) electrons. The lowest BCUT2D eigenvalue weighted by atomic mass is 9.94. The Balaban J connectivity index is 1.97. The second-order valence-electron chi connectivity index (χ2n) is 6.19. The van der Waals surface area contributed by atoms with Gasteiger partial charge in [0.25, 0.3) is 0 Å². The van der Waals surface area contributed by atoms with Gasteiger partial charge in [-0.15, -0.1) is 0 Å². The first-order valence-electron chi connectivity index (χ1n) is 8.23. The average molecular weight is 275 g/mol. The summed E-state index contributed by atoms with van der Waals surface area (Å²) in [5.41, 5.74) is 7.66. The van der Waals surface area contributed by atoms with E-state index < -0.39 is 0 Å². The topological polar surface area (TPSA) is 35.2 Å². The fraction of sp³-hybridized carbons (Fsp3) is 0.667. The molecule has 1 saturated carbocycles. The molecule has 0 amide bonds. The van der Waals surface area contributed by atoms with E-state index in [4.69, 9.17) is 10.5 Å². The van der Waals surface area contributed by atoms with Crippen LogP contribution < -0.4 is 10.5 Å². The summed E-state index contributed by atoms with van der Waals surface area (Å²) in [6, 6.07) is 8.78. The zero-order valence-corrected chi connectivity index (χ0v) is 13.0. The van der Waals surface area contributed by atoms with Crippen molar-refractivity contribution in [3.05, 3.63) is 29.8 Å². The van der Waals surface area contributed by atoms with Crippen LogP contribution in [0.4, 0.5) is 0 Å². The Morgan fingerprint density at radius 2 is 1.75 bits per heavy atom. The molecule has 3 unspecified atom stereocenters. The van der Waals surface area contributed by atoms with Crippen LogP contribution in [0.15, 0.2) is 24.3 Å². The summed E-state index contributed by atoms with van der Waals surface area (Å²) in [6.07, 6.45) is 8.67. The molecule has 1 aliphatic rings. The van der Waals surface area contributed by atoms with Gasteiger partial charge < -0.3 is 10.5 Å². The van der Waals surface area contributed by atoms with E-state index in [1.807, 2.05) is 0 Å². The van der Waals surface area contributed by atoms with Crippen LogP contribution in [0.25, 0.3) is 0 Å². The molecule has 112 valence electrons. The van der Waals surface area contributed by atoms with Crippen LogP contribution in [0.1, 0.15) is 70.3 Å². The maximum Gasteiger partial charge on any atom is 0.119 e. The van der Waals surface area contributed by atoms with E-state index >= 15 is 0 Å². The van der Waals surface area contributed by atoms with Gasteiger partial charge in [0, 0.05) is 6.04 Å². The number of hydrogen-bond acceptors (Lipinski definition) is 2. The van der Waals surface area contributed by atoms with Crippen molar-refractivity contribution in [3.8, 4) is 5.75 Å². The normalized spacial score (nSPS) is 25.6. The van der Waals surface area contributed by atoms with Gasteiger partial charge in [-0.25, -0.2) is 0 Å². The number of ether oxygens (including phenoxy) is 1. The first kappa shape index (κ1) is 15.4. The summed E-state index contributed by atoms with van der Waals surface area (Å²) in [4.78, 5) is 0. The third kappa shape index (κ3) is 4.24. The van der Waals surface area contributed by atoms with Crippen molar-refractivity contribution in [3.63, 3.8) is 0 Å². The minimum atomic E-state index is 0.185. The molecule has 2 heteroatoms. The van der Waals surface area contributed by atoms with Crippen molar-refractivity contribution < 1.29 is 4.74 Å². The maximum absolute atomic E-state index is 6.27. The highest BCUT2D eigenvalue weighted by Gasteiger charge is 2.21. The molecule has 1 fully saturated rings. The summed E-state index contributed by atoms with van der Waals surface area (Å²) in [6.45, 7) is 4.49. The lowest BCUT2D eigenvalue weighted by Crippen LogP contribution is -2.39. The van der Waals surface area contributed by atoms with Crippen LogP contribution in [-0.4, -0.2) is 12.1 Å². The molecule has 0 aliphatic heterocycles. The van der Waals surface area contributed by atoms with Crippen LogP contribution in [0.5, 0.6) is 5.75 Å². The lowest BCUT2D eigenvalue weighted by molar-refractivity contribution is 0.145. The Morgan fingerprint density at radius 3 is 2.40 bits per heavy atom. The summed E-state index contributed by atoms with van der Waals surface area (Å²) >= 11 is 0. The molecule has 2 rings (SSSR count). The van der Waals surface area contributed by atoms with Crippen LogP contribution >= 0.6 is 0 Å². The monoisotopic (exact) mass is 275 g/mol. The molecule has 1 aromatic rings. The number of nitrogens with two attached hydrogens (primary N) is 1. The number of hydrogen-bond donors (Lipinski definition) is 1. The maximum atomic E-state index is 6.27. The van der Waals surface area contributed by atoms with Gasteiger partial charge in [-0.2, -0.15) is 0 Å². The standard InChI is InChI=1S/C18H29NO/c1-3-14(2)15-10-12-16(13-11-15)20-18-9-7-5-4-6-8-17(18)19/h10-14,17-18H,3-9,19H2,1-2H3. The molecule has 0 bridgehead atoms. The van der Waals surface area contributed by atoms with E-state index in [1.54, 1.807) is 0 Å². The summed E-state index contributed by atoms with van der Waals surface area (Å²) in [5, 5.41) is 0. The first-order valence-corrected chi connectivity index (χ1v) is 8.23. The SMILES string of the molecule is CCC(C)c1ccc(OC2CCCCCCC2N)cc1. The minimum absolute atomic E-state index is 0.185. The smallest absolute Gasteiger partial charge is 0.119 e. The fourth-order valence-electron chi connectivity index (χ4n) is 2.91. The van der Waals surface area contributed by atoms with Crippen LogP contribution in [0.2, 0.25) is 0 Å². The molecule has 1 aromatic carbocycles. The van der Waals surface area contributed by atoms with Gasteiger partial charge in [-0.3, -0.25) is 0 Å². The van der Waals surface area contributed by atoms with E-state index in [1.165, 1.54) is 37.7 Å². The van der Waals surface area contributed by atoms with Crippen LogP contribution in [0.3, 0.4) is 0 Å². The van der Waals surface area contributed by atoms with E-state index in [9.17, 15) is 0 Å². The Kier molecular flexibility index (Phi) is 5.90. The van der Waals surface area contributed by atoms with E-state index in [-0.39, 0.29) is 12.1 Å². The zero-order valence-electron chi connectivity index (χ0n) is 13.0. The zero-order chi connectivity index (χ0) is 14.4. The minimum Gasteiger partial charge on any atom is -0.489 e. The highest BCUT2D eigenvalue weighted by molar-refractivity contribution is 5.29. The van der Waals surface area contributed by atoms with Crippen LogP contribution in [-0.2, 0) is 0 Å². The second kappa shape index (κ2) is 7.68. The molecule has 0 heterocycles. The molecule has 0 saturated heterocycles. The van der Waals surface area contributed by atoms with Gasteiger partial charge in [-0.1, -0.05) is 45.2 Å². The van der Waals surface area contributed by atoms with Gasteiger partial charge in [-0.05, 0) is 49.3 Å². The molecule has 20 heavy (non-hydrogen) atoms. The largest absolute Gasteiger partial charge is 0.489 e. The highest BCUT2D eigenvalue weighted by atomic mass is 16.5. The molecule has 0 spiro atoms. The van der Waals surface area contributed by atoms with Crippen molar-refractivity contribution in [2.24, 2.45) is 5.73 Å². The van der Waals surface area contributed by atoms with Crippen molar-refractivity contribution in [1.82, 2.24) is 0 Å². The summed E-state index contributed by atoms with van der Waals surface area (Å²) in [5.74, 6) is 1.59. The quantitative estimate of drug-likeness (QED) is 0.869.